The van der Waals surface area contributed by atoms with Crippen LogP contribution in [0.25, 0.3) is 16.5 Å². The maximum absolute atomic E-state index is 10.5. The lowest BCUT2D eigenvalue weighted by Crippen LogP contribution is -1.93. The number of aryl methyl sites for hydroxylation is 1. The second-order valence-electron chi connectivity index (χ2n) is 3.30. The van der Waals surface area contributed by atoms with Crippen molar-refractivity contribution < 1.29 is 4.92 Å². The second kappa shape index (κ2) is 6.24. The molecule has 0 spiro atoms. The fourth-order valence-electron chi connectivity index (χ4n) is 1.22. The highest BCUT2D eigenvalue weighted by Gasteiger charge is 2.07. The molecule has 0 N–H and O–H groups in total. The van der Waals surface area contributed by atoms with Crippen LogP contribution in [0.2, 0.25) is 0 Å². The molecule has 88 valence electrons. The van der Waals surface area contributed by atoms with Gasteiger partial charge in [-0.1, -0.05) is 11.2 Å². The first kappa shape index (κ1) is 12.7. The summed E-state index contributed by atoms with van der Waals surface area (Å²) >= 11 is 0. The van der Waals surface area contributed by atoms with Crippen molar-refractivity contribution in [1.29, 1.82) is 0 Å². The maximum Gasteiger partial charge on any atom is 0.287 e. The van der Waals surface area contributed by atoms with E-state index in [0.29, 0.717) is 18.7 Å². The van der Waals surface area contributed by atoms with Gasteiger partial charge in [0.25, 0.3) is 5.69 Å². The van der Waals surface area contributed by atoms with Crippen molar-refractivity contribution in [2.24, 2.45) is 5.11 Å². The summed E-state index contributed by atoms with van der Waals surface area (Å²) in [4.78, 5) is 16.6. The zero-order valence-corrected chi connectivity index (χ0v) is 9.28. The quantitative estimate of drug-likeness (QED) is 0.195. The van der Waals surface area contributed by atoms with Gasteiger partial charge in [0.15, 0.2) is 0 Å². The van der Waals surface area contributed by atoms with E-state index in [-0.39, 0.29) is 5.69 Å². The monoisotopic (exact) mass is 233 g/mol. The molecular formula is C10H11N5O2. The van der Waals surface area contributed by atoms with E-state index in [9.17, 15) is 10.1 Å². The van der Waals surface area contributed by atoms with Crippen LogP contribution < -0.4 is 0 Å². The summed E-state index contributed by atoms with van der Waals surface area (Å²) in [6.07, 6.45) is 5.41. The number of hydrogen-bond donors (Lipinski definition) is 0. The summed E-state index contributed by atoms with van der Waals surface area (Å²) in [5.74, 6) is 0. The molecule has 0 saturated heterocycles. The molecule has 0 amide bonds. The van der Waals surface area contributed by atoms with Crippen molar-refractivity contribution >= 4 is 11.8 Å². The Hall–Kier alpha value is -2.40. The lowest BCUT2D eigenvalue weighted by molar-refractivity contribution is -0.385. The summed E-state index contributed by atoms with van der Waals surface area (Å²) < 4.78 is 0. The molecule has 7 heteroatoms. The Labute approximate surface area is 97.6 Å². The molecule has 0 aromatic carbocycles. The van der Waals surface area contributed by atoms with Crippen LogP contribution in [0.15, 0.2) is 23.5 Å². The minimum absolute atomic E-state index is 0.0197. The first-order valence-corrected chi connectivity index (χ1v) is 4.93. The normalized spacial score (nSPS) is 10.2. The third-order valence-electron chi connectivity index (χ3n) is 2.05. The molecule has 0 unspecified atom stereocenters. The standard InChI is InChI=1S/C10H11N5O2/c1-8-6-9(15(16)17)7-12-10(8)4-2-3-5-13-14-11/h2,4,6-7H,3,5H2,1H3. The minimum atomic E-state index is -0.477. The van der Waals surface area contributed by atoms with Crippen molar-refractivity contribution in [3.05, 3.63) is 50.2 Å². The van der Waals surface area contributed by atoms with Crippen LogP contribution in [-0.2, 0) is 0 Å². The van der Waals surface area contributed by atoms with E-state index in [1.165, 1.54) is 12.3 Å². The second-order valence-corrected chi connectivity index (χ2v) is 3.30. The molecule has 17 heavy (non-hydrogen) atoms. The highest BCUT2D eigenvalue weighted by Crippen LogP contribution is 2.15. The Balaban J connectivity index is 2.72. The zero-order chi connectivity index (χ0) is 12.7. The number of azide groups is 1. The zero-order valence-electron chi connectivity index (χ0n) is 9.28. The lowest BCUT2D eigenvalue weighted by Gasteiger charge is -1.98. The Kier molecular flexibility index (Phi) is 4.65. The van der Waals surface area contributed by atoms with Gasteiger partial charge in [-0.25, -0.2) is 4.98 Å². The average Bonchev–Trinajstić information content (AvgIpc) is 2.30. The van der Waals surface area contributed by atoms with Gasteiger partial charge < -0.3 is 0 Å². The van der Waals surface area contributed by atoms with E-state index in [2.05, 4.69) is 15.0 Å². The lowest BCUT2D eigenvalue weighted by atomic mass is 10.2. The van der Waals surface area contributed by atoms with Crippen LogP contribution >= 0.6 is 0 Å². The van der Waals surface area contributed by atoms with Crippen molar-refractivity contribution in [3.63, 3.8) is 0 Å². The van der Waals surface area contributed by atoms with Gasteiger partial charge in [-0.15, -0.1) is 0 Å². The molecule has 1 aromatic heterocycles. The van der Waals surface area contributed by atoms with Crippen LogP contribution in [-0.4, -0.2) is 16.5 Å². The summed E-state index contributed by atoms with van der Waals surface area (Å²) in [6.45, 7) is 2.14. The Morgan fingerprint density at radius 1 is 1.71 bits per heavy atom. The smallest absolute Gasteiger partial charge is 0.258 e. The summed E-state index contributed by atoms with van der Waals surface area (Å²) in [5, 5.41) is 13.9. The number of nitrogens with zero attached hydrogens (tertiary/aromatic N) is 5. The Morgan fingerprint density at radius 2 is 2.47 bits per heavy atom. The Morgan fingerprint density at radius 3 is 3.06 bits per heavy atom. The van der Waals surface area contributed by atoms with Gasteiger partial charge in [-0.05, 0) is 30.5 Å². The highest BCUT2D eigenvalue weighted by atomic mass is 16.6. The van der Waals surface area contributed by atoms with Crippen LogP contribution in [0.1, 0.15) is 17.7 Å². The number of hydrogen-bond acceptors (Lipinski definition) is 4. The molecule has 0 atom stereocenters. The molecule has 0 aliphatic carbocycles. The fraction of sp³-hybridized carbons (Fsp3) is 0.300. The van der Waals surface area contributed by atoms with Crippen molar-refractivity contribution in [1.82, 2.24) is 4.98 Å². The molecule has 0 radical (unpaired) electrons. The van der Waals surface area contributed by atoms with Crippen LogP contribution in [0, 0.1) is 17.0 Å². The first-order valence-electron chi connectivity index (χ1n) is 4.93. The highest BCUT2D eigenvalue weighted by molar-refractivity contribution is 5.51. The maximum atomic E-state index is 10.5. The van der Waals surface area contributed by atoms with Gasteiger partial charge in [-0.3, -0.25) is 10.1 Å². The number of aromatic nitrogens is 1. The third kappa shape index (κ3) is 3.92. The predicted molar refractivity (Wildman–Crippen MR) is 63.3 cm³/mol. The molecule has 1 aromatic rings. The van der Waals surface area contributed by atoms with E-state index in [1.54, 1.807) is 13.0 Å². The van der Waals surface area contributed by atoms with Crippen LogP contribution in [0.3, 0.4) is 0 Å². The molecule has 1 rings (SSSR count). The number of nitro groups is 1. The van der Waals surface area contributed by atoms with Gasteiger partial charge >= 0.3 is 0 Å². The molecule has 1 heterocycles. The third-order valence-corrected chi connectivity index (χ3v) is 2.05. The number of pyridine rings is 1. The van der Waals surface area contributed by atoms with Gasteiger partial charge in [0.2, 0.25) is 0 Å². The van der Waals surface area contributed by atoms with E-state index >= 15 is 0 Å². The predicted octanol–water partition coefficient (Wildman–Crippen LogP) is 3.01. The van der Waals surface area contributed by atoms with Gasteiger partial charge in [-0.2, -0.15) is 0 Å². The topological polar surface area (TPSA) is 105 Å². The molecule has 7 nitrogen and oxygen atoms in total. The molecule has 0 aliphatic rings. The van der Waals surface area contributed by atoms with Crippen LogP contribution in [0.4, 0.5) is 5.69 Å². The van der Waals surface area contributed by atoms with Crippen LogP contribution in [0.5, 0.6) is 0 Å². The summed E-state index contributed by atoms with van der Waals surface area (Å²) in [5.41, 5.74) is 9.46. The Bertz CT molecular complexity index is 491. The number of rotatable bonds is 5. The van der Waals surface area contributed by atoms with E-state index < -0.39 is 4.92 Å². The van der Waals surface area contributed by atoms with E-state index in [4.69, 9.17) is 5.53 Å². The van der Waals surface area contributed by atoms with Gasteiger partial charge in [0.1, 0.15) is 6.20 Å². The van der Waals surface area contributed by atoms with Crippen molar-refractivity contribution in [3.8, 4) is 0 Å². The molecule has 0 fully saturated rings. The first-order chi connectivity index (χ1) is 8.15. The molecular weight excluding hydrogens is 222 g/mol. The average molecular weight is 233 g/mol. The summed E-state index contributed by atoms with van der Waals surface area (Å²) in [6, 6.07) is 1.47. The van der Waals surface area contributed by atoms with E-state index in [0.717, 1.165) is 5.56 Å². The van der Waals surface area contributed by atoms with Crippen molar-refractivity contribution in [2.45, 2.75) is 13.3 Å². The minimum Gasteiger partial charge on any atom is -0.258 e. The van der Waals surface area contributed by atoms with Gasteiger partial charge in [0, 0.05) is 17.5 Å². The molecule has 0 aliphatic heterocycles. The molecule has 0 saturated carbocycles. The fourth-order valence-corrected chi connectivity index (χ4v) is 1.22. The van der Waals surface area contributed by atoms with Crippen molar-refractivity contribution in [2.75, 3.05) is 6.54 Å². The summed E-state index contributed by atoms with van der Waals surface area (Å²) in [7, 11) is 0. The SMILES string of the molecule is Cc1cc([N+](=O)[O-])cnc1C=CCCN=[N+]=[N-]. The molecule has 0 bridgehead atoms. The largest absolute Gasteiger partial charge is 0.287 e. The van der Waals surface area contributed by atoms with E-state index in [1.807, 2.05) is 6.08 Å². The van der Waals surface area contributed by atoms with Gasteiger partial charge in [0.05, 0.1) is 10.6 Å².